The molecule has 2 nitrogen and oxygen atoms in total. The zero-order valence-electron chi connectivity index (χ0n) is 7.81. The predicted octanol–water partition coefficient (Wildman–Crippen LogP) is 3.39. The molecule has 0 aliphatic rings. The zero-order chi connectivity index (χ0) is 10.3. The molecule has 1 heterocycles. The minimum absolute atomic E-state index is 0.950. The van der Waals surface area contributed by atoms with Gasteiger partial charge >= 0.3 is 0 Å². The highest BCUT2D eigenvalue weighted by Gasteiger charge is 2.00. The van der Waals surface area contributed by atoms with Crippen LogP contribution in [0.25, 0.3) is 22.1 Å². The van der Waals surface area contributed by atoms with Crippen molar-refractivity contribution >= 4 is 44.7 Å². The van der Waals surface area contributed by atoms with Gasteiger partial charge in [0.2, 0.25) is 0 Å². The molecule has 0 saturated heterocycles. The second-order valence-corrected chi connectivity index (χ2v) is 4.59. The van der Waals surface area contributed by atoms with Crippen molar-refractivity contribution in [1.29, 1.82) is 0 Å². The summed E-state index contributed by atoms with van der Waals surface area (Å²) in [6.45, 7) is 0. The topological polar surface area (TPSA) is 25.8 Å². The number of nitrogens with zero attached hydrogens (tertiary/aromatic N) is 2. The van der Waals surface area contributed by atoms with E-state index in [-0.39, 0.29) is 0 Å². The average molecular weight is 306 g/mol. The Hall–Kier alpha value is -1.23. The molecule has 3 rings (SSSR count). The SMILES string of the molecule is Ic1ccc2nc3ccccc3nc2c1. The van der Waals surface area contributed by atoms with E-state index < -0.39 is 0 Å². The standard InChI is InChI=1S/C12H7IN2/c13-8-5-6-11-12(7-8)15-10-4-2-1-3-9(10)14-11/h1-7H. The summed E-state index contributed by atoms with van der Waals surface area (Å²) in [5.74, 6) is 0. The number of rotatable bonds is 0. The highest BCUT2D eigenvalue weighted by atomic mass is 127. The van der Waals surface area contributed by atoms with E-state index in [1.165, 1.54) is 3.57 Å². The Balaban J connectivity index is 2.47. The molecule has 0 spiro atoms. The van der Waals surface area contributed by atoms with Crippen molar-refractivity contribution in [3.63, 3.8) is 0 Å². The maximum atomic E-state index is 4.57. The predicted molar refractivity (Wildman–Crippen MR) is 69.8 cm³/mol. The Kier molecular flexibility index (Phi) is 2.05. The van der Waals surface area contributed by atoms with Gasteiger partial charge in [-0.05, 0) is 52.9 Å². The number of aromatic nitrogens is 2. The van der Waals surface area contributed by atoms with Crippen LogP contribution in [0.1, 0.15) is 0 Å². The van der Waals surface area contributed by atoms with Gasteiger partial charge in [0.25, 0.3) is 0 Å². The van der Waals surface area contributed by atoms with E-state index in [9.17, 15) is 0 Å². The Morgan fingerprint density at radius 2 is 1.33 bits per heavy atom. The molecule has 0 fully saturated rings. The molecule has 0 radical (unpaired) electrons. The van der Waals surface area contributed by atoms with E-state index in [1.54, 1.807) is 0 Å². The summed E-state index contributed by atoms with van der Waals surface area (Å²) in [6.07, 6.45) is 0. The number of para-hydroxylation sites is 2. The first kappa shape index (κ1) is 9.03. The smallest absolute Gasteiger partial charge is 0.0905 e. The van der Waals surface area contributed by atoms with Gasteiger partial charge < -0.3 is 0 Å². The molecule has 15 heavy (non-hydrogen) atoms. The Morgan fingerprint density at radius 3 is 2.07 bits per heavy atom. The van der Waals surface area contributed by atoms with E-state index in [0.717, 1.165) is 22.1 Å². The summed E-state index contributed by atoms with van der Waals surface area (Å²) in [7, 11) is 0. The number of hydrogen-bond donors (Lipinski definition) is 0. The van der Waals surface area contributed by atoms with Gasteiger partial charge in [0, 0.05) is 3.57 Å². The van der Waals surface area contributed by atoms with E-state index in [4.69, 9.17) is 0 Å². The lowest BCUT2D eigenvalue weighted by Gasteiger charge is -2.00. The van der Waals surface area contributed by atoms with E-state index in [2.05, 4.69) is 38.6 Å². The van der Waals surface area contributed by atoms with Crippen molar-refractivity contribution in [2.45, 2.75) is 0 Å². The van der Waals surface area contributed by atoms with Crippen LogP contribution in [-0.4, -0.2) is 9.97 Å². The molecule has 0 N–H and O–H groups in total. The number of halogens is 1. The molecule has 72 valence electrons. The van der Waals surface area contributed by atoms with Gasteiger partial charge in [-0.2, -0.15) is 0 Å². The van der Waals surface area contributed by atoms with Crippen molar-refractivity contribution in [3.05, 3.63) is 46.0 Å². The summed E-state index contributed by atoms with van der Waals surface area (Å²) >= 11 is 2.28. The largest absolute Gasteiger partial charge is 0.245 e. The van der Waals surface area contributed by atoms with E-state index in [0.29, 0.717) is 0 Å². The van der Waals surface area contributed by atoms with Crippen LogP contribution in [0.5, 0.6) is 0 Å². The molecular formula is C12H7IN2. The lowest BCUT2D eigenvalue weighted by molar-refractivity contribution is 1.39. The van der Waals surface area contributed by atoms with Crippen molar-refractivity contribution in [2.75, 3.05) is 0 Å². The van der Waals surface area contributed by atoms with Crippen LogP contribution in [-0.2, 0) is 0 Å². The van der Waals surface area contributed by atoms with Gasteiger partial charge in [-0.1, -0.05) is 12.1 Å². The lowest BCUT2D eigenvalue weighted by atomic mass is 10.2. The highest BCUT2D eigenvalue weighted by Crippen LogP contribution is 2.17. The van der Waals surface area contributed by atoms with Gasteiger partial charge in [-0.3, -0.25) is 0 Å². The molecule has 1 aromatic heterocycles. The first-order chi connectivity index (χ1) is 7.33. The fourth-order valence-corrected chi connectivity index (χ4v) is 2.07. The van der Waals surface area contributed by atoms with Gasteiger partial charge in [0.05, 0.1) is 22.1 Å². The number of benzene rings is 2. The monoisotopic (exact) mass is 306 g/mol. The molecule has 3 aromatic rings. The number of fused-ring (bicyclic) bond motifs is 2. The summed E-state index contributed by atoms with van der Waals surface area (Å²) in [5, 5.41) is 0. The maximum Gasteiger partial charge on any atom is 0.0905 e. The fraction of sp³-hybridized carbons (Fsp3) is 0. The summed E-state index contributed by atoms with van der Waals surface area (Å²) < 4.78 is 1.18. The normalized spacial score (nSPS) is 11.0. The lowest BCUT2D eigenvalue weighted by Crippen LogP contribution is -1.87. The number of hydrogen-bond acceptors (Lipinski definition) is 2. The average Bonchev–Trinajstić information content (AvgIpc) is 2.26. The second kappa shape index (κ2) is 3.41. The Bertz CT molecular complexity index is 649. The van der Waals surface area contributed by atoms with E-state index in [1.807, 2.05) is 36.4 Å². The first-order valence-electron chi connectivity index (χ1n) is 4.65. The Labute approximate surface area is 100 Å². The molecule has 0 unspecified atom stereocenters. The minimum atomic E-state index is 0.950. The maximum absolute atomic E-state index is 4.57. The molecule has 2 aromatic carbocycles. The molecule has 0 amide bonds. The summed E-state index contributed by atoms with van der Waals surface area (Å²) in [5.41, 5.74) is 3.81. The van der Waals surface area contributed by atoms with Gasteiger partial charge in [0.15, 0.2) is 0 Å². The summed E-state index contributed by atoms with van der Waals surface area (Å²) in [6, 6.07) is 14.0. The van der Waals surface area contributed by atoms with Crippen molar-refractivity contribution in [3.8, 4) is 0 Å². The molecule has 0 bridgehead atoms. The van der Waals surface area contributed by atoms with Crippen LogP contribution in [0.4, 0.5) is 0 Å². The Morgan fingerprint density at radius 1 is 0.733 bits per heavy atom. The van der Waals surface area contributed by atoms with Crippen LogP contribution in [0.15, 0.2) is 42.5 Å². The third kappa shape index (κ3) is 1.56. The van der Waals surface area contributed by atoms with Crippen molar-refractivity contribution < 1.29 is 0 Å². The van der Waals surface area contributed by atoms with E-state index >= 15 is 0 Å². The minimum Gasteiger partial charge on any atom is -0.245 e. The molecule has 0 saturated carbocycles. The van der Waals surface area contributed by atoms with Crippen LogP contribution < -0.4 is 0 Å². The second-order valence-electron chi connectivity index (χ2n) is 3.35. The highest BCUT2D eigenvalue weighted by molar-refractivity contribution is 14.1. The molecule has 3 heteroatoms. The van der Waals surface area contributed by atoms with Crippen molar-refractivity contribution in [2.24, 2.45) is 0 Å². The quantitative estimate of drug-likeness (QED) is 0.470. The molecule has 0 aliphatic heterocycles. The van der Waals surface area contributed by atoms with Crippen LogP contribution in [0, 0.1) is 3.57 Å². The van der Waals surface area contributed by atoms with Crippen LogP contribution >= 0.6 is 22.6 Å². The zero-order valence-corrected chi connectivity index (χ0v) is 9.97. The van der Waals surface area contributed by atoms with Crippen LogP contribution in [0.3, 0.4) is 0 Å². The molecule has 0 aliphatic carbocycles. The fourth-order valence-electron chi connectivity index (χ4n) is 1.59. The first-order valence-corrected chi connectivity index (χ1v) is 5.73. The van der Waals surface area contributed by atoms with Crippen LogP contribution in [0.2, 0.25) is 0 Å². The van der Waals surface area contributed by atoms with Gasteiger partial charge in [0.1, 0.15) is 0 Å². The third-order valence-corrected chi connectivity index (χ3v) is 2.97. The van der Waals surface area contributed by atoms with Gasteiger partial charge in [-0.15, -0.1) is 0 Å². The molecule has 0 atom stereocenters. The molecular weight excluding hydrogens is 299 g/mol. The van der Waals surface area contributed by atoms with Gasteiger partial charge in [-0.25, -0.2) is 9.97 Å². The summed E-state index contributed by atoms with van der Waals surface area (Å²) in [4.78, 5) is 9.12. The van der Waals surface area contributed by atoms with Crippen molar-refractivity contribution in [1.82, 2.24) is 9.97 Å². The third-order valence-electron chi connectivity index (χ3n) is 2.30.